The molecule has 80 heavy (non-hydrogen) atoms. The first kappa shape index (κ1) is 92.0. The van der Waals surface area contributed by atoms with Crippen LogP contribution in [0.15, 0.2) is 22.3 Å². The van der Waals surface area contributed by atoms with E-state index in [0.29, 0.717) is 47.8 Å². The zero-order valence-corrected chi connectivity index (χ0v) is 62.3. The number of hydrogen-bond acceptors (Lipinski definition) is 6. The van der Waals surface area contributed by atoms with Gasteiger partial charge in [0.1, 0.15) is 0 Å². The van der Waals surface area contributed by atoms with Gasteiger partial charge in [0.25, 0.3) is 0 Å². The second kappa shape index (κ2) is 60.4. The maximum atomic E-state index is 5.35. The highest BCUT2D eigenvalue weighted by molar-refractivity contribution is 7.80. The summed E-state index contributed by atoms with van der Waals surface area (Å²) >= 11 is 5.23. The van der Waals surface area contributed by atoms with E-state index in [1.807, 2.05) is 69.2 Å². The van der Waals surface area contributed by atoms with Gasteiger partial charge in [0.15, 0.2) is 0 Å². The Labute approximate surface area is 514 Å². The molecule has 6 fully saturated rings. The molecule has 0 bridgehead atoms. The number of thiocarbonyl (C=S) groups is 1. The molecule has 6 heterocycles. The van der Waals surface area contributed by atoms with Crippen LogP contribution in [-0.2, 0) is 4.74 Å². The number of allylic oxidation sites excluding steroid dienone is 1. The lowest BCUT2D eigenvalue weighted by Gasteiger charge is -2.54. The largest absolute Gasteiger partial charge is 0.377 e. The van der Waals surface area contributed by atoms with E-state index in [9.17, 15) is 0 Å². The predicted octanol–water partition coefficient (Wildman–Crippen LogP) is 21.7. The van der Waals surface area contributed by atoms with Gasteiger partial charge in [-0.25, -0.2) is 0 Å². The van der Waals surface area contributed by atoms with Gasteiger partial charge in [0.2, 0.25) is 0 Å². The van der Waals surface area contributed by atoms with Crippen molar-refractivity contribution in [3.63, 3.8) is 0 Å². The first-order valence-electron chi connectivity index (χ1n) is 34.3. The van der Waals surface area contributed by atoms with Crippen LogP contribution in [0.5, 0.6) is 0 Å². The topological polar surface area (TPSA) is 50.2 Å². The number of ether oxygens (including phenoxy) is 1. The minimum atomic E-state index is 0.439. The van der Waals surface area contributed by atoms with E-state index in [2.05, 4.69) is 200 Å². The van der Waals surface area contributed by atoms with Gasteiger partial charge < -0.3 is 24.3 Å². The lowest BCUT2D eigenvalue weighted by molar-refractivity contribution is -0.165. The second-order valence-electron chi connectivity index (χ2n) is 24.9. The van der Waals surface area contributed by atoms with Crippen LogP contribution in [-0.4, -0.2) is 135 Å². The van der Waals surface area contributed by atoms with Crippen molar-refractivity contribution in [3.8, 4) is 0 Å². The van der Waals surface area contributed by atoms with Crippen LogP contribution in [0, 0.1) is 17.8 Å². The van der Waals surface area contributed by atoms with Crippen molar-refractivity contribution in [2.45, 2.75) is 373 Å². The SMILES string of the molecule is C=C1CCCCN1C(C)C.CC.CC.CC.CC.CC.CC(C)C.CC(C)C.CC(C)C.CC(C)N1CCCCC12COC2.CC(C)N1CCCCC1=S.CC(C)N=C1CCCCN1C(C)C.CC(C)N=C1CCCCN1C(C)C. The van der Waals surface area contributed by atoms with E-state index >= 15 is 0 Å². The van der Waals surface area contributed by atoms with Crippen LogP contribution < -0.4 is 0 Å². The summed E-state index contributed by atoms with van der Waals surface area (Å²) in [5.41, 5.74) is 1.79. The minimum Gasteiger partial charge on any atom is -0.377 e. The Hall–Kier alpha value is -1.71. The third-order valence-electron chi connectivity index (χ3n) is 12.2. The molecular formula is C71H155N7OS. The Bertz CT molecular complexity index is 1270. The summed E-state index contributed by atoms with van der Waals surface area (Å²) in [6, 6.07) is 4.04. The highest BCUT2D eigenvalue weighted by atomic mass is 32.1. The zero-order chi connectivity index (χ0) is 64.1. The molecule has 6 aliphatic rings. The molecular weight excluding hydrogens is 999 g/mol. The van der Waals surface area contributed by atoms with Gasteiger partial charge in [-0.3, -0.25) is 14.9 Å². The monoisotopic (exact) mass is 1150 g/mol. The molecule has 0 aromatic rings. The number of piperidine rings is 5. The Kier molecular flexibility index (Phi) is 69.5. The summed E-state index contributed by atoms with van der Waals surface area (Å²) in [7, 11) is 0. The molecule has 9 heteroatoms. The van der Waals surface area contributed by atoms with E-state index in [1.165, 1.54) is 145 Å². The lowest BCUT2D eigenvalue weighted by atomic mass is 9.84. The molecule has 6 saturated heterocycles. The summed E-state index contributed by atoms with van der Waals surface area (Å²) in [6.07, 6.45) is 19.4. The van der Waals surface area contributed by atoms with Crippen LogP contribution in [0.2, 0.25) is 0 Å². The van der Waals surface area contributed by atoms with Gasteiger partial charge >= 0.3 is 0 Å². The number of hydrogen-bond donors (Lipinski definition) is 0. The van der Waals surface area contributed by atoms with Crippen molar-refractivity contribution in [2.24, 2.45) is 27.7 Å². The number of likely N-dealkylation sites (tertiary alicyclic amines) is 5. The molecule has 486 valence electrons. The van der Waals surface area contributed by atoms with Crippen LogP contribution >= 0.6 is 12.2 Å². The average molecular weight is 1160 g/mol. The predicted molar refractivity (Wildman–Crippen MR) is 377 cm³/mol. The maximum Gasteiger partial charge on any atom is 0.0994 e. The number of nitrogens with zero attached hydrogens (tertiary/aromatic N) is 7. The molecule has 0 aromatic carbocycles. The van der Waals surface area contributed by atoms with E-state index in [0.717, 1.165) is 37.4 Å². The average Bonchev–Trinajstić information content (AvgIpc) is 3.39. The molecule has 0 N–H and O–H groups in total. The fourth-order valence-electron chi connectivity index (χ4n) is 9.14. The first-order valence-corrected chi connectivity index (χ1v) is 34.8. The fourth-order valence-corrected chi connectivity index (χ4v) is 9.59. The van der Waals surface area contributed by atoms with Crippen LogP contribution in [0.3, 0.4) is 0 Å². The van der Waals surface area contributed by atoms with E-state index in [1.54, 1.807) is 0 Å². The van der Waals surface area contributed by atoms with Crippen molar-refractivity contribution >= 4 is 28.9 Å². The summed E-state index contributed by atoms with van der Waals surface area (Å²) in [5, 5.41) is 0. The summed E-state index contributed by atoms with van der Waals surface area (Å²) in [5.74, 6) is 5.16. The van der Waals surface area contributed by atoms with Gasteiger partial charge in [0, 0.05) is 87.0 Å². The third-order valence-corrected chi connectivity index (χ3v) is 12.7. The van der Waals surface area contributed by atoms with Crippen LogP contribution in [0.1, 0.15) is 325 Å². The smallest absolute Gasteiger partial charge is 0.0994 e. The van der Waals surface area contributed by atoms with Gasteiger partial charge in [-0.2, -0.15) is 0 Å². The molecule has 6 rings (SSSR count). The lowest BCUT2D eigenvalue weighted by Crippen LogP contribution is -2.65. The Morgan fingerprint density at radius 3 is 0.887 bits per heavy atom. The maximum absolute atomic E-state index is 5.35. The van der Waals surface area contributed by atoms with Crippen molar-refractivity contribution in [1.82, 2.24) is 24.5 Å². The minimum absolute atomic E-state index is 0.439. The molecule has 8 nitrogen and oxygen atoms in total. The molecule has 0 radical (unpaired) electrons. The van der Waals surface area contributed by atoms with E-state index in [-0.39, 0.29) is 0 Å². The standard InChI is InChI=1S/2C11H22N2.C10H19NO.C9H17N.C8H15NS.3C4H10.5C2H6/c2*1-9(2)12-11-7-5-6-8-13(11)10(3)4;1-9(2)11-6-4-3-5-10(11)7-12-8-10;1-8(2)10-7-5-4-6-9(10)3;1-7(2)9-6-4-3-5-8(9)10;3*1-4(2)3;5*1-2/h2*9-10H,5-8H2,1-4H3;9H,3-8H2,1-2H3;8H,3-7H2,1-2H3;7H,3-6H2,1-2H3;3*4H,1-3H3;5*1-2H3. The highest BCUT2D eigenvalue weighted by Crippen LogP contribution is 2.36. The number of rotatable bonds is 7. The molecule has 0 saturated carbocycles. The molecule has 0 unspecified atom stereocenters. The molecule has 6 aliphatic heterocycles. The van der Waals surface area contributed by atoms with Crippen LogP contribution in [0.25, 0.3) is 0 Å². The molecule has 1 spiro atoms. The normalized spacial score (nSPS) is 18.3. The Morgan fingerprint density at radius 1 is 0.375 bits per heavy atom. The summed E-state index contributed by atoms with van der Waals surface area (Å²) < 4.78 is 5.35. The quantitative estimate of drug-likeness (QED) is 0.235. The van der Waals surface area contributed by atoms with Crippen LogP contribution in [0.4, 0.5) is 0 Å². The van der Waals surface area contributed by atoms with Crippen molar-refractivity contribution in [3.05, 3.63) is 12.3 Å². The number of amidine groups is 2. The third kappa shape index (κ3) is 50.8. The van der Waals surface area contributed by atoms with Gasteiger partial charge in [-0.05, 0) is 198 Å². The summed E-state index contributed by atoms with van der Waals surface area (Å²) in [6.45, 7) is 82.7. The Balaban J connectivity index is -0.000000153. The molecule has 0 aromatic heterocycles. The fraction of sp³-hybridized carbons (Fsp3) is 0.930. The first-order chi connectivity index (χ1) is 37.6. The number of aliphatic imine (C=N–C) groups is 2. The molecule has 0 atom stereocenters. The van der Waals surface area contributed by atoms with E-state index < -0.39 is 0 Å². The van der Waals surface area contributed by atoms with Gasteiger partial charge in [-0.15, -0.1) is 0 Å². The molecule has 0 amide bonds. The molecule has 0 aliphatic carbocycles. The highest BCUT2D eigenvalue weighted by Gasteiger charge is 2.46. The summed E-state index contributed by atoms with van der Waals surface area (Å²) in [4.78, 5) is 22.8. The van der Waals surface area contributed by atoms with Gasteiger partial charge in [-0.1, -0.05) is 157 Å². The van der Waals surface area contributed by atoms with Crippen molar-refractivity contribution < 1.29 is 4.74 Å². The second-order valence-corrected chi connectivity index (χ2v) is 25.3. The van der Waals surface area contributed by atoms with Gasteiger partial charge in [0.05, 0.1) is 35.4 Å². The van der Waals surface area contributed by atoms with E-state index in [4.69, 9.17) is 17.0 Å². The Morgan fingerprint density at radius 2 is 0.662 bits per heavy atom. The zero-order valence-electron chi connectivity index (χ0n) is 61.5. The van der Waals surface area contributed by atoms with Crippen molar-refractivity contribution in [2.75, 3.05) is 45.9 Å². The van der Waals surface area contributed by atoms with Crippen molar-refractivity contribution in [1.29, 1.82) is 0 Å².